The van der Waals surface area contributed by atoms with Crippen molar-refractivity contribution in [1.82, 2.24) is 0 Å². The van der Waals surface area contributed by atoms with Gasteiger partial charge in [0, 0.05) is 16.3 Å². The summed E-state index contributed by atoms with van der Waals surface area (Å²) in [6.07, 6.45) is 0. The lowest BCUT2D eigenvalue weighted by molar-refractivity contribution is 0.670. The number of hydrogen-bond acceptors (Lipinski definition) is 1. The first kappa shape index (κ1) is 21.4. The Morgan fingerprint density at radius 1 is 0.373 bits per heavy atom. The molecule has 0 saturated heterocycles. The summed E-state index contributed by atoms with van der Waals surface area (Å²) in [4.78, 5) is 0. The summed E-state index contributed by atoms with van der Waals surface area (Å²) in [5, 5.41) is 8.39. The average Bonchev–Trinajstić information content (AvgIpc) is 3.67. The molecule has 0 amide bonds. The predicted molar refractivity (Wildman–Crippen MR) is 218 cm³/mol. The molecule has 1 heteroatoms. The summed E-state index contributed by atoms with van der Waals surface area (Å²) in [6.45, 7) is 0. The Balaban J connectivity index is 1.28. The minimum atomic E-state index is -0.432. The molecule has 0 saturated carbocycles. The van der Waals surface area contributed by atoms with E-state index in [1.165, 1.54) is 0 Å². The van der Waals surface area contributed by atoms with Crippen molar-refractivity contribution >= 4 is 75.8 Å². The minimum Gasteiger partial charge on any atom is -0.455 e. The van der Waals surface area contributed by atoms with E-state index in [0.717, 1.165) is 65.4 Å². The largest absolute Gasteiger partial charge is 0.455 e. The Morgan fingerprint density at radius 3 is 1.75 bits per heavy atom. The predicted octanol–water partition coefficient (Wildman–Crippen LogP) is 14.4. The Labute approximate surface area is 305 Å². The van der Waals surface area contributed by atoms with E-state index < -0.39 is 24.2 Å². The highest BCUT2D eigenvalue weighted by Gasteiger charge is 2.19. The maximum Gasteiger partial charge on any atom is 0.143 e. The van der Waals surface area contributed by atoms with Gasteiger partial charge in [0.25, 0.3) is 0 Å². The fourth-order valence-electron chi connectivity index (χ4n) is 7.98. The van der Waals surface area contributed by atoms with Crippen molar-refractivity contribution in [2.45, 2.75) is 0 Å². The molecular formula is C50H30O. The van der Waals surface area contributed by atoms with E-state index in [9.17, 15) is 5.48 Å². The van der Waals surface area contributed by atoms with Gasteiger partial charge in [-0.25, -0.2) is 0 Å². The highest BCUT2D eigenvalue weighted by atomic mass is 16.3. The minimum absolute atomic E-state index is 0.181. The van der Waals surface area contributed by atoms with Gasteiger partial charge in [0.15, 0.2) is 0 Å². The summed E-state index contributed by atoms with van der Waals surface area (Å²) in [5.74, 6) is 0. The van der Waals surface area contributed by atoms with E-state index in [4.69, 9.17) is 9.90 Å². The molecule has 1 nitrogen and oxygen atoms in total. The van der Waals surface area contributed by atoms with Crippen LogP contribution in [0.3, 0.4) is 0 Å². The SMILES string of the molecule is [2H]c1c([2H])c([2H])c2c(-c3cccc4ccc(-c5cccc6c5oc5ccc7ccccc7c56)cc34)c3c([2H])c([2H])c([2H])c([2H])c3c(-c3ccc4ccccc4c3)c2c1[2H]. The summed E-state index contributed by atoms with van der Waals surface area (Å²) in [7, 11) is 0. The number of furan rings is 1. The second-order valence-electron chi connectivity index (χ2n) is 13.0. The van der Waals surface area contributed by atoms with Crippen LogP contribution < -0.4 is 0 Å². The normalized spacial score (nSPS) is 14.1. The molecule has 0 spiro atoms. The van der Waals surface area contributed by atoms with Crippen molar-refractivity contribution in [3.05, 3.63) is 182 Å². The quantitative estimate of drug-likeness (QED) is 0.173. The number of rotatable bonds is 3. The van der Waals surface area contributed by atoms with Gasteiger partial charge in [0.1, 0.15) is 11.2 Å². The fourth-order valence-corrected chi connectivity index (χ4v) is 7.98. The molecule has 0 radical (unpaired) electrons. The van der Waals surface area contributed by atoms with Crippen LogP contribution in [0, 0.1) is 0 Å². The summed E-state index contributed by atoms with van der Waals surface area (Å²) in [5.41, 5.74) is 5.02. The standard InChI is InChI=1S/C50H30O/c1-2-13-34-29-36(26-23-31(34)11-1)47-39-16-5-7-18-41(39)48(42-19-8-6-17-40(42)47)43-21-9-14-33-24-25-35(30-45(33)43)38-20-10-22-44-49-37-15-4-3-12-32(37)27-28-46(49)51-50(38)44/h1-30H/i5D,6D,7D,8D,16D,17D,18D,19D. The zero-order valence-corrected chi connectivity index (χ0v) is 27.1. The molecule has 11 aromatic rings. The van der Waals surface area contributed by atoms with Gasteiger partial charge in [-0.15, -0.1) is 0 Å². The van der Waals surface area contributed by atoms with Crippen LogP contribution in [0.25, 0.3) is 109 Å². The van der Waals surface area contributed by atoms with Gasteiger partial charge in [-0.3, -0.25) is 0 Å². The van der Waals surface area contributed by atoms with Crippen molar-refractivity contribution in [3.63, 3.8) is 0 Å². The maximum absolute atomic E-state index is 9.49. The second-order valence-corrected chi connectivity index (χ2v) is 13.0. The van der Waals surface area contributed by atoms with E-state index in [1.807, 2.05) is 109 Å². The highest BCUT2D eigenvalue weighted by Crippen LogP contribution is 2.46. The lowest BCUT2D eigenvalue weighted by Gasteiger charge is -2.19. The number of para-hydroxylation sites is 1. The van der Waals surface area contributed by atoms with Crippen LogP contribution >= 0.6 is 0 Å². The van der Waals surface area contributed by atoms with Crippen LogP contribution in [0.15, 0.2) is 186 Å². The number of benzene rings is 10. The van der Waals surface area contributed by atoms with Crippen LogP contribution in [0.1, 0.15) is 11.0 Å². The molecule has 0 atom stereocenters. The number of fused-ring (bicyclic) bond motifs is 9. The third kappa shape index (κ3) is 4.22. The van der Waals surface area contributed by atoms with Gasteiger partial charge in [-0.2, -0.15) is 0 Å². The van der Waals surface area contributed by atoms with Gasteiger partial charge in [-0.05, 0) is 99.9 Å². The molecule has 0 fully saturated rings. The summed E-state index contributed by atoms with van der Waals surface area (Å²) in [6, 6.07) is 40.8. The first-order valence-corrected chi connectivity index (χ1v) is 16.9. The van der Waals surface area contributed by atoms with E-state index in [0.29, 0.717) is 22.3 Å². The Hall–Kier alpha value is -6.70. The second kappa shape index (κ2) is 10.9. The topological polar surface area (TPSA) is 13.1 Å². The third-order valence-electron chi connectivity index (χ3n) is 10.3. The molecule has 10 aromatic carbocycles. The van der Waals surface area contributed by atoms with Crippen LogP contribution in [0.2, 0.25) is 0 Å². The molecule has 0 N–H and O–H groups in total. The van der Waals surface area contributed by atoms with Crippen LogP contribution in [0.5, 0.6) is 0 Å². The fraction of sp³-hybridized carbons (Fsp3) is 0. The Morgan fingerprint density at radius 2 is 0.941 bits per heavy atom. The van der Waals surface area contributed by atoms with E-state index in [2.05, 4.69) is 24.3 Å². The molecule has 1 heterocycles. The van der Waals surface area contributed by atoms with Crippen molar-refractivity contribution in [2.24, 2.45) is 0 Å². The lowest BCUT2D eigenvalue weighted by atomic mass is 9.84. The molecular weight excluding hydrogens is 617 g/mol. The molecule has 0 aliphatic carbocycles. The van der Waals surface area contributed by atoms with E-state index in [1.54, 1.807) is 0 Å². The van der Waals surface area contributed by atoms with Crippen molar-refractivity contribution in [1.29, 1.82) is 0 Å². The third-order valence-corrected chi connectivity index (χ3v) is 10.3. The molecule has 0 unspecified atom stereocenters. The Kier molecular flexibility index (Phi) is 4.57. The first-order valence-electron chi connectivity index (χ1n) is 20.9. The molecule has 11 rings (SSSR count). The molecule has 1 aromatic heterocycles. The number of hydrogen-bond donors (Lipinski definition) is 0. The van der Waals surface area contributed by atoms with E-state index in [-0.39, 0.29) is 45.7 Å². The van der Waals surface area contributed by atoms with Gasteiger partial charge >= 0.3 is 0 Å². The zero-order chi connectivity index (χ0) is 40.4. The summed E-state index contributed by atoms with van der Waals surface area (Å²) >= 11 is 0. The molecule has 0 aliphatic rings. The van der Waals surface area contributed by atoms with E-state index >= 15 is 0 Å². The smallest absolute Gasteiger partial charge is 0.143 e. The van der Waals surface area contributed by atoms with Gasteiger partial charge in [0.05, 0.1) is 11.0 Å². The first-order chi connectivity index (χ1) is 28.6. The zero-order valence-electron chi connectivity index (χ0n) is 35.1. The lowest BCUT2D eigenvalue weighted by Crippen LogP contribution is -1.92. The molecule has 236 valence electrons. The van der Waals surface area contributed by atoms with Crippen molar-refractivity contribution in [3.8, 4) is 33.4 Å². The maximum atomic E-state index is 9.49. The molecule has 0 aliphatic heterocycles. The van der Waals surface area contributed by atoms with Crippen molar-refractivity contribution in [2.75, 3.05) is 0 Å². The van der Waals surface area contributed by atoms with Crippen LogP contribution in [-0.4, -0.2) is 0 Å². The average molecular weight is 655 g/mol. The van der Waals surface area contributed by atoms with Gasteiger partial charge in [0.2, 0.25) is 0 Å². The van der Waals surface area contributed by atoms with Crippen molar-refractivity contribution < 1.29 is 15.4 Å². The molecule has 51 heavy (non-hydrogen) atoms. The van der Waals surface area contributed by atoms with Crippen LogP contribution in [0.4, 0.5) is 0 Å². The van der Waals surface area contributed by atoms with Gasteiger partial charge in [-0.1, -0.05) is 164 Å². The molecule has 0 bridgehead atoms. The Bertz CT molecular complexity index is 3580. The summed E-state index contributed by atoms with van der Waals surface area (Å²) < 4.78 is 80.0. The van der Waals surface area contributed by atoms with Crippen LogP contribution in [-0.2, 0) is 0 Å². The monoisotopic (exact) mass is 654 g/mol. The van der Waals surface area contributed by atoms with Gasteiger partial charge < -0.3 is 4.42 Å². The highest BCUT2D eigenvalue weighted by molar-refractivity contribution is 6.24.